The highest BCUT2D eigenvalue weighted by Crippen LogP contribution is 2.29. The van der Waals surface area contributed by atoms with Gasteiger partial charge in [-0.2, -0.15) is 18.6 Å². The van der Waals surface area contributed by atoms with Crippen LogP contribution >= 0.6 is 0 Å². The van der Waals surface area contributed by atoms with Gasteiger partial charge in [0.2, 0.25) is 11.8 Å². The maximum absolute atomic E-state index is 13.4. The summed E-state index contributed by atoms with van der Waals surface area (Å²) in [6.45, 7) is 3.36. The Labute approximate surface area is 248 Å². The van der Waals surface area contributed by atoms with Gasteiger partial charge in [0.05, 0.1) is 29.0 Å². The number of amides is 2. The summed E-state index contributed by atoms with van der Waals surface area (Å²) in [5, 5.41) is 6.23. The molecule has 0 aliphatic heterocycles. The van der Waals surface area contributed by atoms with E-state index in [1.807, 2.05) is 24.3 Å². The smallest absolute Gasteiger partial charge is 0.343 e. The zero-order valence-electron chi connectivity index (χ0n) is 23.9. The minimum absolute atomic E-state index is 0.0643. The first-order valence-electron chi connectivity index (χ1n) is 14.1. The summed E-state index contributed by atoms with van der Waals surface area (Å²) in [6, 6.07) is 11.4. The van der Waals surface area contributed by atoms with Crippen molar-refractivity contribution < 1.29 is 27.4 Å². The van der Waals surface area contributed by atoms with E-state index < -0.39 is 35.6 Å². The molecular weight excluding hydrogens is 563 g/mol. The third-order valence-electron chi connectivity index (χ3n) is 7.12. The molecule has 0 radical (unpaired) electrons. The molecule has 2 atom stereocenters. The van der Waals surface area contributed by atoms with Gasteiger partial charge in [-0.15, -0.1) is 0 Å². The first-order valence-corrected chi connectivity index (χ1v) is 14.1. The largest absolute Gasteiger partial charge is 0.416 e. The third kappa shape index (κ3) is 9.95. The number of halogens is 3. The molecule has 0 bridgehead atoms. The Kier molecular flexibility index (Phi) is 12.4. The minimum atomic E-state index is -4.50. The highest BCUT2D eigenvalue weighted by Gasteiger charge is 2.31. The van der Waals surface area contributed by atoms with Gasteiger partial charge in [-0.05, 0) is 36.2 Å². The fourth-order valence-corrected chi connectivity index (χ4v) is 4.82. The molecule has 14 heteroatoms. The number of carbonyl (C=O) groups excluding carboxylic acids is 2. The summed E-state index contributed by atoms with van der Waals surface area (Å²) >= 11 is 0. The summed E-state index contributed by atoms with van der Waals surface area (Å²) < 4.78 is 39.6. The van der Waals surface area contributed by atoms with Crippen molar-refractivity contribution in [2.75, 3.05) is 51.1 Å². The van der Waals surface area contributed by atoms with E-state index >= 15 is 0 Å². The average molecular weight is 605 g/mol. The van der Waals surface area contributed by atoms with E-state index in [1.54, 1.807) is 6.07 Å². The molecule has 3 rings (SSSR count). The topological polar surface area (TPSA) is 187 Å². The van der Waals surface area contributed by atoms with Crippen LogP contribution in [0.2, 0.25) is 0 Å². The second kappa shape index (κ2) is 15.7. The molecule has 11 nitrogen and oxygen atoms in total. The second-order valence-corrected chi connectivity index (χ2v) is 10.4. The summed E-state index contributed by atoms with van der Waals surface area (Å²) in [5.41, 5.74) is 27.7. The SMILES string of the molecule is NCC[N+](CCN)(CCN)NCC[C@H](N)C(=O)N[C@H](Cc1ccc(C(F)(F)F)cc1)C(=O)Nc1cnc2ccccc2c1. The van der Waals surface area contributed by atoms with E-state index in [4.69, 9.17) is 22.9 Å². The van der Waals surface area contributed by atoms with Gasteiger partial charge in [-0.25, -0.2) is 4.59 Å². The number of nitrogens with two attached hydrogens (primary N) is 4. The lowest BCUT2D eigenvalue weighted by Crippen LogP contribution is -2.64. The number of pyridine rings is 1. The van der Waals surface area contributed by atoms with Crippen LogP contribution in [0.4, 0.5) is 18.9 Å². The Morgan fingerprint density at radius 3 is 2.14 bits per heavy atom. The van der Waals surface area contributed by atoms with E-state index in [0.717, 1.165) is 23.0 Å². The average Bonchev–Trinajstić information content (AvgIpc) is 2.97. The van der Waals surface area contributed by atoms with Crippen molar-refractivity contribution in [1.29, 1.82) is 0 Å². The van der Waals surface area contributed by atoms with Crippen molar-refractivity contribution in [3.8, 4) is 0 Å². The molecule has 1 aromatic heterocycles. The highest BCUT2D eigenvalue weighted by molar-refractivity contribution is 5.99. The molecule has 11 N–H and O–H groups in total. The number of alkyl halides is 3. The number of fused-ring (bicyclic) bond motifs is 1. The van der Waals surface area contributed by atoms with Gasteiger partial charge in [-0.1, -0.05) is 30.3 Å². The van der Waals surface area contributed by atoms with E-state index in [0.29, 0.717) is 61.7 Å². The quantitative estimate of drug-likeness (QED) is 0.0925. The number of hydrogen-bond acceptors (Lipinski definition) is 8. The molecule has 0 spiro atoms. The van der Waals surface area contributed by atoms with Crippen LogP contribution in [0.3, 0.4) is 0 Å². The van der Waals surface area contributed by atoms with Crippen molar-refractivity contribution >= 4 is 28.4 Å². The van der Waals surface area contributed by atoms with Crippen LogP contribution in [0, 0.1) is 0 Å². The molecule has 234 valence electrons. The number of benzene rings is 2. The van der Waals surface area contributed by atoms with Gasteiger partial charge in [-0.3, -0.25) is 14.6 Å². The lowest BCUT2D eigenvalue weighted by molar-refractivity contribution is -0.966. The Balaban J connectivity index is 1.73. The molecule has 0 aliphatic rings. The molecule has 1 heterocycles. The first kappa shape index (κ1) is 33.8. The van der Waals surface area contributed by atoms with Crippen LogP contribution in [-0.4, -0.2) is 79.3 Å². The van der Waals surface area contributed by atoms with Crippen LogP contribution in [0.5, 0.6) is 0 Å². The molecule has 0 fully saturated rings. The molecule has 0 saturated heterocycles. The molecule has 0 aliphatic carbocycles. The first-order chi connectivity index (χ1) is 20.5. The van der Waals surface area contributed by atoms with Gasteiger partial charge in [0, 0.05) is 38.0 Å². The van der Waals surface area contributed by atoms with Crippen molar-refractivity contribution in [1.82, 2.24) is 15.7 Å². The van der Waals surface area contributed by atoms with Crippen LogP contribution in [0.1, 0.15) is 17.5 Å². The van der Waals surface area contributed by atoms with E-state index in [1.165, 1.54) is 18.3 Å². The van der Waals surface area contributed by atoms with Crippen molar-refractivity contribution in [3.63, 3.8) is 0 Å². The number of quaternary nitrogens is 1. The van der Waals surface area contributed by atoms with Crippen molar-refractivity contribution in [3.05, 3.63) is 71.9 Å². The summed E-state index contributed by atoms with van der Waals surface area (Å²) in [5.74, 6) is -1.15. The van der Waals surface area contributed by atoms with Crippen LogP contribution in [0.25, 0.3) is 10.9 Å². The van der Waals surface area contributed by atoms with Crippen molar-refractivity contribution in [2.45, 2.75) is 31.1 Å². The van der Waals surface area contributed by atoms with Crippen LogP contribution < -0.4 is 39.0 Å². The van der Waals surface area contributed by atoms with Gasteiger partial charge in [0.25, 0.3) is 0 Å². The number of rotatable bonds is 16. The van der Waals surface area contributed by atoms with E-state index in [-0.39, 0.29) is 12.8 Å². The molecule has 3 aromatic rings. The molecule has 0 unspecified atom stereocenters. The van der Waals surface area contributed by atoms with Crippen LogP contribution in [-0.2, 0) is 22.2 Å². The molecule has 0 saturated carbocycles. The Bertz CT molecular complexity index is 1320. The van der Waals surface area contributed by atoms with E-state index in [2.05, 4.69) is 21.0 Å². The fourth-order valence-electron chi connectivity index (χ4n) is 4.82. The summed E-state index contributed by atoms with van der Waals surface area (Å²) in [7, 11) is 0. The minimum Gasteiger partial charge on any atom is -0.343 e. The predicted molar refractivity (Wildman–Crippen MR) is 160 cm³/mol. The fraction of sp³-hybridized carbons (Fsp3) is 0.414. The zero-order chi connectivity index (χ0) is 31.5. The molecule has 2 amide bonds. The van der Waals surface area contributed by atoms with Gasteiger partial charge >= 0.3 is 6.18 Å². The van der Waals surface area contributed by atoms with Gasteiger partial charge in [0.1, 0.15) is 25.7 Å². The molecular formula is C29H41F3N9O2+. The standard InChI is InChI=1S/C29H40F3N9O2/c30-29(31,32)22-7-5-20(6-8-22)17-26(28(43)39-23-18-21-3-1-2-4-25(21)37-19-23)40-27(42)24(36)9-13-38-41(14-10-33,15-11-34)16-12-35/h1-8,18-19,24,26,38H,9-17,33-36H2,(H-,39,40,42,43)/p+1/t24-,26+/m0/s1. The number of aromatic nitrogens is 1. The molecule has 43 heavy (non-hydrogen) atoms. The number of nitrogens with zero attached hydrogens (tertiary/aromatic N) is 2. The number of hydrogen-bond donors (Lipinski definition) is 7. The van der Waals surface area contributed by atoms with Gasteiger partial charge < -0.3 is 33.6 Å². The monoisotopic (exact) mass is 604 g/mol. The Hall–Kier alpha value is -3.66. The van der Waals surface area contributed by atoms with Crippen molar-refractivity contribution in [2.24, 2.45) is 22.9 Å². The van der Waals surface area contributed by atoms with Crippen LogP contribution in [0.15, 0.2) is 60.8 Å². The maximum atomic E-state index is 13.4. The predicted octanol–water partition coefficient (Wildman–Crippen LogP) is 0.835. The highest BCUT2D eigenvalue weighted by atomic mass is 19.4. The number of para-hydroxylation sites is 1. The normalized spacial score (nSPS) is 13.5. The van der Waals surface area contributed by atoms with Gasteiger partial charge in [0.15, 0.2) is 0 Å². The Morgan fingerprint density at radius 1 is 0.907 bits per heavy atom. The lowest BCUT2D eigenvalue weighted by Gasteiger charge is -2.37. The number of nitrogens with one attached hydrogen (secondary N) is 3. The summed E-state index contributed by atoms with van der Waals surface area (Å²) in [6.07, 6.45) is -2.84. The molecule has 2 aromatic carbocycles. The lowest BCUT2D eigenvalue weighted by atomic mass is 10.0. The number of carbonyl (C=O) groups is 2. The third-order valence-corrected chi connectivity index (χ3v) is 7.12. The number of anilines is 1. The Morgan fingerprint density at radius 2 is 1.53 bits per heavy atom. The zero-order valence-corrected chi connectivity index (χ0v) is 23.9. The summed E-state index contributed by atoms with van der Waals surface area (Å²) in [4.78, 5) is 30.8. The second-order valence-electron chi connectivity index (χ2n) is 10.4. The maximum Gasteiger partial charge on any atom is 0.416 e. The van der Waals surface area contributed by atoms with E-state index in [9.17, 15) is 22.8 Å².